The van der Waals surface area contributed by atoms with Crippen LogP contribution in [0.1, 0.15) is 31.7 Å². The number of hydrogen-bond donors (Lipinski definition) is 1. The van der Waals surface area contributed by atoms with Crippen LogP contribution in [0.5, 0.6) is 0 Å². The molecule has 0 spiro atoms. The molecule has 0 aliphatic carbocycles. The summed E-state index contributed by atoms with van der Waals surface area (Å²) >= 11 is 0. The zero-order valence-corrected chi connectivity index (χ0v) is 13.3. The number of aliphatic hydroxyl groups is 1. The molecule has 2 saturated heterocycles. The van der Waals surface area contributed by atoms with Gasteiger partial charge in [0, 0.05) is 19.1 Å². The number of rotatable bonds is 3. The Bertz CT molecular complexity index is 460. The molecule has 3 heteroatoms. The van der Waals surface area contributed by atoms with Gasteiger partial charge in [-0.1, -0.05) is 30.3 Å². The van der Waals surface area contributed by atoms with Crippen molar-refractivity contribution >= 4 is 0 Å². The van der Waals surface area contributed by atoms with Crippen molar-refractivity contribution in [2.24, 2.45) is 5.92 Å². The molecule has 1 N–H and O–H groups in total. The van der Waals surface area contributed by atoms with Crippen molar-refractivity contribution in [1.82, 2.24) is 9.80 Å². The number of β-amino-alcohol motifs (C(OH)–C–C–N with tert-alkyl or cyclic N) is 1. The molecule has 2 aliphatic heterocycles. The zero-order chi connectivity index (χ0) is 14.9. The Morgan fingerprint density at radius 1 is 1.19 bits per heavy atom. The first kappa shape index (κ1) is 15.0. The summed E-state index contributed by atoms with van der Waals surface area (Å²) in [6.07, 6.45) is 3.91. The summed E-state index contributed by atoms with van der Waals surface area (Å²) in [4.78, 5) is 5.01. The smallest absolute Gasteiger partial charge is 0.0994 e. The van der Waals surface area contributed by atoms with Gasteiger partial charge in [-0.25, -0.2) is 0 Å². The van der Waals surface area contributed by atoms with Crippen molar-refractivity contribution in [3.05, 3.63) is 35.9 Å². The molecule has 1 aromatic rings. The largest absolute Gasteiger partial charge is 0.384 e. The van der Waals surface area contributed by atoms with E-state index in [1.807, 2.05) is 37.3 Å². The van der Waals surface area contributed by atoms with E-state index in [0.717, 1.165) is 37.2 Å². The summed E-state index contributed by atoms with van der Waals surface area (Å²) in [6, 6.07) is 10.8. The molecule has 0 saturated carbocycles. The molecular weight excluding hydrogens is 260 g/mol. The molecule has 0 aromatic heterocycles. The molecule has 0 amide bonds. The van der Waals surface area contributed by atoms with Gasteiger partial charge in [0.2, 0.25) is 0 Å². The van der Waals surface area contributed by atoms with Gasteiger partial charge in [-0.05, 0) is 57.8 Å². The normalized spacial score (nSPS) is 30.6. The molecule has 1 aromatic carbocycles. The number of benzene rings is 1. The molecule has 3 nitrogen and oxygen atoms in total. The third-order valence-corrected chi connectivity index (χ3v) is 5.36. The van der Waals surface area contributed by atoms with E-state index in [0.29, 0.717) is 0 Å². The minimum Gasteiger partial charge on any atom is -0.384 e. The first-order chi connectivity index (χ1) is 10.1. The molecule has 2 aliphatic rings. The van der Waals surface area contributed by atoms with E-state index in [4.69, 9.17) is 0 Å². The lowest BCUT2D eigenvalue weighted by Crippen LogP contribution is -2.54. The van der Waals surface area contributed by atoms with Gasteiger partial charge in [-0.2, -0.15) is 0 Å². The minimum atomic E-state index is -0.755. The Kier molecular flexibility index (Phi) is 4.34. The third kappa shape index (κ3) is 3.31. The highest BCUT2D eigenvalue weighted by Gasteiger charge is 2.36. The van der Waals surface area contributed by atoms with Crippen LogP contribution in [-0.4, -0.2) is 54.2 Å². The lowest BCUT2D eigenvalue weighted by Gasteiger charge is -2.47. The van der Waals surface area contributed by atoms with Crippen molar-refractivity contribution in [3.8, 4) is 0 Å². The average molecular weight is 288 g/mol. The maximum Gasteiger partial charge on any atom is 0.0994 e. The van der Waals surface area contributed by atoms with Crippen LogP contribution >= 0.6 is 0 Å². The van der Waals surface area contributed by atoms with Crippen molar-refractivity contribution in [2.75, 3.05) is 33.2 Å². The minimum absolute atomic E-state index is 0.740. The van der Waals surface area contributed by atoms with Crippen LogP contribution in [-0.2, 0) is 5.60 Å². The number of fused-ring (bicyclic) bond motifs is 1. The fourth-order valence-electron chi connectivity index (χ4n) is 4.20. The highest BCUT2D eigenvalue weighted by molar-refractivity contribution is 5.21. The molecule has 3 unspecified atom stereocenters. The summed E-state index contributed by atoms with van der Waals surface area (Å²) in [5, 5.41) is 10.8. The second-order valence-corrected chi connectivity index (χ2v) is 7.11. The third-order valence-electron chi connectivity index (χ3n) is 5.36. The van der Waals surface area contributed by atoms with Crippen LogP contribution < -0.4 is 0 Å². The Hall–Kier alpha value is -0.900. The second kappa shape index (κ2) is 6.07. The van der Waals surface area contributed by atoms with Crippen molar-refractivity contribution in [1.29, 1.82) is 0 Å². The second-order valence-electron chi connectivity index (χ2n) is 7.11. The molecule has 116 valence electrons. The molecule has 3 atom stereocenters. The van der Waals surface area contributed by atoms with Gasteiger partial charge in [-0.3, -0.25) is 4.90 Å². The summed E-state index contributed by atoms with van der Waals surface area (Å²) in [5.74, 6) is 0.782. The lowest BCUT2D eigenvalue weighted by atomic mass is 9.83. The van der Waals surface area contributed by atoms with Gasteiger partial charge < -0.3 is 10.0 Å². The number of nitrogens with zero attached hydrogens (tertiary/aromatic N) is 2. The molecule has 21 heavy (non-hydrogen) atoms. The summed E-state index contributed by atoms with van der Waals surface area (Å²) in [6.45, 7) is 6.18. The molecule has 0 bridgehead atoms. The van der Waals surface area contributed by atoms with Crippen LogP contribution in [0.4, 0.5) is 0 Å². The average Bonchev–Trinajstić information content (AvgIpc) is 2.48. The van der Waals surface area contributed by atoms with Crippen LogP contribution in [0, 0.1) is 5.92 Å². The van der Waals surface area contributed by atoms with Gasteiger partial charge in [-0.15, -0.1) is 0 Å². The van der Waals surface area contributed by atoms with E-state index in [1.54, 1.807) is 0 Å². The van der Waals surface area contributed by atoms with E-state index < -0.39 is 5.60 Å². The van der Waals surface area contributed by atoms with E-state index in [2.05, 4.69) is 16.8 Å². The Labute approximate surface area is 128 Å². The standard InChI is InChI=1S/C18H28N2O/c1-18(21,16-8-4-3-5-9-16)14-20-12-10-17-15(13-20)7-6-11-19(17)2/h3-5,8-9,15,17,21H,6-7,10-14H2,1-2H3. The van der Waals surface area contributed by atoms with E-state index in [1.165, 1.54) is 25.8 Å². The summed E-state index contributed by atoms with van der Waals surface area (Å²) in [7, 11) is 2.27. The fraction of sp³-hybridized carbons (Fsp3) is 0.667. The summed E-state index contributed by atoms with van der Waals surface area (Å²) in [5.41, 5.74) is 0.266. The topological polar surface area (TPSA) is 26.7 Å². The zero-order valence-electron chi connectivity index (χ0n) is 13.3. The number of hydrogen-bond acceptors (Lipinski definition) is 3. The SMILES string of the molecule is CN1CCCC2CN(CC(C)(O)c3ccccc3)CCC21. The van der Waals surface area contributed by atoms with E-state index in [9.17, 15) is 5.11 Å². The highest BCUT2D eigenvalue weighted by atomic mass is 16.3. The predicted molar refractivity (Wildman–Crippen MR) is 86.2 cm³/mol. The van der Waals surface area contributed by atoms with Crippen LogP contribution in [0.3, 0.4) is 0 Å². The fourth-order valence-corrected chi connectivity index (χ4v) is 4.20. The van der Waals surface area contributed by atoms with Gasteiger partial charge >= 0.3 is 0 Å². The van der Waals surface area contributed by atoms with Gasteiger partial charge in [0.15, 0.2) is 0 Å². The number of piperidine rings is 2. The monoisotopic (exact) mass is 288 g/mol. The first-order valence-corrected chi connectivity index (χ1v) is 8.27. The lowest BCUT2D eigenvalue weighted by molar-refractivity contribution is -0.0220. The van der Waals surface area contributed by atoms with Gasteiger partial charge in [0.05, 0.1) is 5.60 Å². The maximum atomic E-state index is 10.8. The molecule has 0 radical (unpaired) electrons. The van der Waals surface area contributed by atoms with Crippen LogP contribution in [0.15, 0.2) is 30.3 Å². The highest BCUT2D eigenvalue weighted by Crippen LogP contribution is 2.31. The summed E-state index contributed by atoms with van der Waals surface area (Å²) < 4.78 is 0. The first-order valence-electron chi connectivity index (χ1n) is 8.27. The Balaban J connectivity index is 1.64. The number of likely N-dealkylation sites (tertiary alicyclic amines) is 2. The van der Waals surface area contributed by atoms with Crippen LogP contribution in [0.2, 0.25) is 0 Å². The van der Waals surface area contributed by atoms with Crippen LogP contribution in [0.25, 0.3) is 0 Å². The quantitative estimate of drug-likeness (QED) is 0.924. The Morgan fingerprint density at radius 2 is 1.95 bits per heavy atom. The molecule has 2 heterocycles. The maximum absolute atomic E-state index is 10.8. The van der Waals surface area contributed by atoms with Crippen molar-refractivity contribution < 1.29 is 5.11 Å². The molecule has 3 rings (SSSR count). The van der Waals surface area contributed by atoms with Crippen molar-refractivity contribution in [2.45, 2.75) is 37.8 Å². The molecular formula is C18H28N2O. The van der Waals surface area contributed by atoms with E-state index in [-0.39, 0.29) is 0 Å². The van der Waals surface area contributed by atoms with Gasteiger partial charge in [0.25, 0.3) is 0 Å². The predicted octanol–water partition coefficient (Wildman–Crippen LogP) is 2.31. The van der Waals surface area contributed by atoms with Gasteiger partial charge in [0.1, 0.15) is 0 Å². The molecule has 2 fully saturated rings. The Morgan fingerprint density at radius 3 is 2.71 bits per heavy atom. The van der Waals surface area contributed by atoms with E-state index >= 15 is 0 Å². The van der Waals surface area contributed by atoms with Crippen molar-refractivity contribution in [3.63, 3.8) is 0 Å².